The van der Waals surface area contributed by atoms with Crippen LogP contribution >= 0.6 is 15.9 Å². The van der Waals surface area contributed by atoms with Gasteiger partial charge in [-0.25, -0.2) is 0 Å². The van der Waals surface area contributed by atoms with Gasteiger partial charge in [-0.05, 0) is 108 Å². The van der Waals surface area contributed by atoms with Gasteiger partial charge in [0.1, 0.15) is 12.4 Å². The van der Waals surface area contributed by atoms with Gasteiger partial charge >= 0.3 is 0 Å². The summed E-state index contributed by atoms with van der Waals surface area (Å²) in [5.74, 6) is 0.866. The van der Waals surface area contributed by atoms with Crippen molar-refractivity contribution in [3.63, 3.8) is 0 Å². The Bertz CT molecular complexity index is 1270. The van der Waals surface area contributed by atoms with Crippen LogP contribution in [-0.4, -0.2) is 18.1 Å². The van der Waals surface area contributed by atoms with Crippen LogP contribution in [-0.2, 0) is 15.5 Å². The van der Waals surface area contributed by atoms with E-state index in [1.54, 1.807) is 0 Å². The highest BCUT2D eigenvalue weighted by atomic mass is 79.9. The lowest BCUT2D eigenvalue weighted by Crippen LogP contribution is -2.31. The fraction of sp³-hybridized carbons (Fsp3) is 0.471. The van der Waals surface area contributed by atoms with Crippen LogP contribution in [0.2, 0.25) is 26.2 Å². The molecule has 0 amide bonds. The van der Waals surface area contributed by atoms with Crippen molar-refractivity contribution in [2.24, 2.45) is 10.8 Å². The third-order valence-electron chi connectivity index (χ3n) is 6.84. The summed E-state index contributed by atoms with van der Waals surface area (Å²) in [7, 11) is -2.60. The van der Waals surface area contributed by atoms with Crippen molar-refractivity contribution >= 4 is 34.0 Å². The van der Waals surface area contributed by atoms with E-state index < -0.39 is 18.1 Å². The molecule has 0 aliphatic rings. The molecule has 3 nitrogen and oxygen atoms in total. The normalized spacial score (nSPS) is 14.1. The highest BCUT2D eigenvalue weighted by molar-refractivity contribution is 9.10. The Morgan fingerprint density at radius 3 is 1.88 bits per heavy atom. The molecule has 40 heavy (non-hydrogen) atoms. The van der Waals surface area contributed by atoms with Crippen molar-refractivity contribution in [1.29, 1.82) is 0 Å². The van der Waals surface area contributed by atoms with Gasteiger partial charge in [-0.15, -0.1) is 0 Å². The summed E-state index contributed by atoms with van der Waals surface area (Å²) >= 11 is 3.57. The molecule has 0 bridgehead atoms. The molecule has 0 fully saturated rings. The van der Waals surface area contributed by atoms with E-state index in [-0.39, 0.29) is 23.0 Å². The first-order chi connectivity index (χ1) is 18.6. The van der Waals surface area contributed by atoms with Crippen LogP contribution in [0, 0.1) is 17.8 Å². The lowest BCUT2D eigenvalue weighted by atomic mass is 9.77. The Kier molecular flexibility index (Phi) is 11.1. The minimum absolute atomic E-state index is 0.0113. The van der Waals surface area contributed by atoms with Gasteiger partial charge in [-0.3, -0.25) is 0 Å². The van der Waals surface area contributed by atoms with E-state index in [9.17, 15) is 0 Å². The second-order valence-corrected chi connectivity index (χ2v) is 19.3. The van der Waals surface area contributed by atoms with E-state index in [4.69, 9.17) is 13.6 Å². The third kappa shape index (κ3) is 8.89. The lowest BCUT2D eigenvalue weighted by molar-refractivity contribution is 0.0655. The minimum Gasteiger partial charge on any atom is -0.489 e. The number of halogens is 1. The lowest BCUT2D eigenvalue weighted by Gasteiger charge is -2.39. The molecular formula is C34H49BrO3Si2. The summed E-state index contributed by atoms with van der Waals surface area (Å²) in [6.07, 6.45) is -0.00246. The molecule has 0 saturated carbocycles. The van der Waals surface area contributed by atoms with Crippen molar-refractivity contribution in [2.75, 3.05) is 0 Å². The fourth-order valence-electron chi connectivity index (χ4n) is 5.08. The van der Waals surface area contributed by atoms with Crippen molar-refractivity contribution in [2.45, 2.75) is 93.5 Å². The second kappa shape index (κ2) is 13.5. The highest BCUT2D eigenvalue weighted by Crippen LogP contribution is 2.45. The molecule has 0 spiro atoms. The molecule has 0 heterocycles. The van der Waals surface area contributed by atoms with Crippen LogP contribution in [0.3, 0.4) is 0 Å². The van der Waals surface area contributed by atoms with Gasteiger partial charge < -0.3 is 13.6 Å². The molecule has 3 aromatic rings. The Morgan fingerprint density at radius 2 is 1.32 bits per heavy atom. The zero-order valence-electron chi connectivity index (χ0n) is 26.4. The minimum atomic E-state index is -1.31. The van der Waals surface area contributed by atoms with Crippen LogP contribution in [0.5, 0.6) is 5.75 Å². The van der Waals surface area contributed by atoms with Gasteiger partial charge in [0, 0.05) is 4.47 Å². The molecule has 0 radical (unpaired) electrons. The first kappa shape index (κ1) is 32.8. The molecule has 0 N–H and O–H groups in total. The summed E-state index contributed by atoms with van der Waals surface area (Å²) in [6.45, 7) is 25.3. The summed E-state index contributed by atoms with van der Waals surface area (Å²) in [6, 6.07) is 21.6. The van der Waals surface area contributed by atoms with Crippen molar-refractivity contribution in [3.8, 4) is 16.9 Å². The fourth-order valence-corrected chi connectivity index (χ4v) is 7.76. The summed E-state index contributed by atoms with van der Waals surface area (Å²) in [4.78, 5) is 0. The number of rotatable bonds is 10. The third-order valence-corrected chi connectivity index (χ3v) is 8.97. The van der Waals surface area contributed by atoms with E-state index in [0.29, 0.717) is 6.61 Å². The average Bonchev–Trinajstić information content (AvgIpc) is 2.83. The second-order valence-electron chi connectivity index (χ2n) is 13.6. The molecule has 0 saturated heterocycles. The van der Waals surface area contributed by atoms with Crippen molar-refractivity contribution in [3.05, 3.63) is 87.4 Å². The summed E-state index contributed by atoms with van der Waals surface area (Å²) in [5, 5.41) is 0. The van der Waals surface area contributed by atoms with E-state index in [1.165, 1.54) is 22.3 Å². The molecule has 6 heteroatoms. The Morgan fingerprint density at radius 1 is 0.725 bits per heavy atom. The van der Waals surface area contributed by atoms with E-state index in [2.05, 4.69) is 145 Å². The highest BCUT2D eigenvalue weighted by Gasteiger charge is 2.36. The quantitative estimate of drug-likeness (QED) is 0.206. The Labute approximate surface area is 255 Å². The van der Waals surface area contributed by atoms with Crippen LogP contribution in [0.4, 0.5) is 0 Å². The summed E-state index contributed by atoms with van der Waals surface area (Å²) in [5.41, 5.74) is 7.14. The van der Waals surface area contributed by atoms with Crippen LogP contribution in [0.1, 0.15) is 76.0 Å². The molecule has 0 aliphatic heterocycles. The zero-order chi connectivity index (χ0) is 29.8. The van der Waals surface area contributed by atoms with E-state index in [0.717, 1.165) is 21.3 Å². The van der Waals surface area contributed by atoms with Gasteiger partial charge in [0.25, 0.3) is 0 Å². The predicted molar refractivity (Wildman–Crippen MR) is 179 cm³/mol. The van der Waals surface area contributed by atoms with E-state index in [1.807, 2.05) is 6.07 Å². The molecule has 218 valence electrons. The van der Waals surface area contributed by atoms with Crippen molar-refractivity contribution < 1.29 is 13.6 Å². The SMILES string of the molecule is Cc1cc(Br)ccc1-c1cccc(OCc2ccc(C(O[SiH](C)C)C(C)(C)C)c(C(O[SiH](C)C)C(C)(C)C)c2)c1. The number of benzene rings is 3. The number of aryl methyl sites for hydroxylation is 1. The van der Waals surface area contributed by atoms with Gasteiger partial charge in [-0.2, -0.15) is 0 Å². The molecule has 2 atom stereocenters. The largest absolute Gasteiger partial charge is 0.489 e. The predicted octanol–water partition coefficient (Wildman–Crippen LogP) is 10.2. The van der Waals surface area contributed by atoms with Gasteiger partial charge in [0.15, 0.2) is 18.1 Å². The molecule has 3 rings (SSSR count). The monoisotopic (exact) mass is 640 g/mol. The van der Waals surface area contributed by atoms with E-state index >= 15 is 0 Å². The molecule has 2 unspecified atom stereocenters. The maximum absolute atomic E-state index is 6.76. The Hall–Kier alpha value is -1.71. The van der Waals surface area contributed by atoms with Crippen LogP contribution in [0.15, 0.2) is 65.1 Å². The smallest absolute Gasteiger partial charge is 0.171 e. The number of ether oxygens (including phenoxy) is 1. The Balaban J connectivity index is 2.00. The number of hydrogen-bond acceptors (Lipinski definition) is 3. The maximum atomic E-state index is 6.76. The number of hydrogen-bond donors (Lipinski definition) is 0. The average molecular weight is 642 g/mol. The van der Waals surface area contributed by atoms with Crippen molar-refractivity contribution in [1.82, 2.24) is 0 Å². The molecule has 3 aromatic carbocycles. The topological polar surface area (TPSA) is 27.7 Å². The maximum Gasteiger partial charge on any atom is 0.171 e. The molecular weight excluding hydrogens is 592 g/mol. The molecule has 0 aromatic heterocycles. The first-order valence-corrected chi connectivity index (χ1v) is 20.8. The molecule has 0 aliphatic carbocycles. The first-order valence-electron chi connectivity index (χ1n) is 14.5. The van der Waals surface area contributed by atoms with Crippen LogP contribution < -0.4 is 4.74 Å². The van der Waals surface area contributed by atoms with Crippen LogP contribution in [0.25, 0.3) is 11.1 Å². The van der Waals surface area contributed by atoms with Gasteiger partial charge in [-0.1, -0.05) is 87.8 Å². The van der Waals surface area contributed by atoms with Gasteiger partial charge in [0.05, 0.1) is 12.2 Å². The zero-order valence-corrected chi connectivity index (χ0v) is 30.3. The van der Waals surface area contributed by atoms with Gasteiger partial charge in [0.2, 0.25) is 0 Å². The standard InChI is InChI=1S/C34H49BrO3Si2/c1-23-19-26(35)16-18-28(23)25-13-12-14-27(21-25)36-22-24-15-17-29(31(33(2,3)4)37-39(8)9)30(20-24)32(34(5,6)7)38-40(10)11/h12-21,31-32,39-40H,22H2,1-11H3. The summed E-state index contributed by atoms with van der Waals surface area (Å²) < 4.78 is 20.9.